The number of hydrogen-bond acceptors (Lipinski definition) is 4. The van der Waals surface area contributed by atoms with Gasteiger partial charge in [-0.15, -0.1) is 6.58 Å². The maximum atomic E-state index is 12.1. The number of carbonyl (C=O) groups excluding carboxylic acids is 2. The average molecular weight is 297 g/mol. The molecule has 0 unspecified atom stereocenters. The summed E-state index contributed by atoms with van der Waals surface area (Å²) < 4.78 is 0. The van der Waals surface area contributed by atoms with E-state index in [0.717, 1.165) is 6.29 Å². The van der Waals surface area contributed by atoms with Crippen LogP contribution in [0, 0.1) is 10.1 Å². The van der Waals surface area contributed by atoms with Gasteiger partial charge in [0, 0.05) is 18.1 Å². The summed E-state index contributed by atoms with van der Waals surface area (Å²) in [6, 6.07) is 14.5. The van der Waals surface area contributed by atoms with Crippen molar-refractivity contribution in [2.24, 2.45) is 0 Å². The van der Waals surface area contributed by atoms with Gasteiger partial charge in [0.05, 0.1) is 4.92 Å². The molecule has 0 bridgehead atoms. The van der Waals surface area contributed by atoms with Gasteiger partial charge >= 0.3 is 0 Å². The molecule has 2 aromatic rings. The van der Waals surface area contributed by atoms with Crippen LogP contribution >= 0.6 is 0 Å². The van der Waals surface area contributed by atoms with Crippen LogP contribution in [0.25, 0.3) is 0 Å². The Bertz CT molecular complexity index is 659. The first-order chi connectivity index (χ1) is 10.6. The summed E-state index contributed by atoms with van der Waals surface area (Å²) in [4.78, 5) is 31.7. The molecule has 0 N–H and O–H groups in total. The van der Waals surface area contributed by atoms with Crippen molar-refractivity contribution in [2.75, 3.05) is 0 Å². The van der Waals surface area contributed by atoms with Crippen LogP contribution in [-0.2, 0) is 4.79 Å². The topological polar surface area (TPSA) is 77.3 Å². The van der Waals surface area contributed by atoms with Gasteiger partial charge < -0.3 is 4.79 Å². The second-order valence-corrected chi connectivity index (χ2v) is 4.16. The highest BCUT2D eigenvalue weighted by Gasteiger charge is 2.19. The minimum absolute atomic E-state index is 0.115. The number of para-hydroxylation sites is 1. The Balaban J connectivity index is 0.000000422. The van der Waals surface area contributed by atoms with Gasteiger partial charge in [0.15, 0.2) is 5.78 Å². The molecule has 0 fully saturated rings. The second kappa shape index (κ2) is 8.97. The average Bonchev–Trinajstić information content (AvgIpc) is 2.56. The van der Waals surface area contributed by atoms with E-state index in [0.29, 0.717) is 12.0 Å². The van der Waals surface area contributed by atoms with E-state index in [1.165, 1.54) is 12.1 Å². The first-order valence-corrected chi connectivity index (χ1v) is 6.49. The molecule has 0 atom stereocenters. The largest absolute Gasteiger partial charge is 0.303 e. The number of allylic oxidation sites excluding steroid dienone is 1. The summed E-state index contributed by atoms with van der Waals surface area (Å²) in [7, 11) is 0. The molecule has 0 aliphatic carbocycles. The molecule has 0 aromatic heterocycles. The minimum Gasteiger partial charge on any atom is -0.303 e. The summed E-state index contributed by atoms with van der Waals surface area (Å²) in [5, 5.41) is 10.8. The highest BCUT2D eigenvalue weighted by Crippen LogP contribution is 2.20. The number of ketones is 1. The zero-order valence-corrected chi connectivity index (χ0v) is 11.8. The zero-order chi connectivity index (χ0) is 16.4. The molecule has 0 amide bonds. The third kappa shape index (κ3) is 4.79. The van der Waals surface area contributed by atoms with Gasteiger partial charge in [0.1, 0.15) is 11.8 Å². The lowest BCUT2D eigenvalue weighted by molar-refractivity contribution is -0.385. The van der Waals surface area contributed by atoms with E-state index in [4.69, 9.17) is 0 Å². The molecular formula is C17H15NO4. The van der Waals surface area contributed by atoms with Crippen LogP contribution in [0.4, 0.5) is 5.69 Å². The summed E-state index contributed by atoms with van der Waals surface area (Å²) in [5.41, 5.74) is 0.395. The Hall–Kier alpha value is -3.08. The lowest BCUT2D eigenvalue weighted by Gasteiger charge is -2.01. The lowest BCUT2D eigenvalue weighted by Crippen LogP contribution is -2.04. The molecule has 2 aromatic carbocycles. The van der Waals surface area contributed by atoms with Gasteiger partial charge in [0.2, 0.25) is 0 Å². The molecule has 112 valence electrons. The number of aldehydes is 1. The van der Waals surface area contributed by atoms with Crippen molar-refractivity contribution in [3.05, 3.63) is 88.5 Å². The summed E-state index contributed by atoms with van der Waals surface area (Å²) >= 11 is 0. The van der Waals surface area contributed by atoms with Crippen LogP contribution in [0.15, 0.2) is 67.3 Å². The van der Waals surface area contributed by atoms with E-state index in [9.17, 15) is 19.7 Å². The van der Waals surface area contributed by atoms with E-state index < -0.39 is 4.92 Å². The van der Waals surface area contributed by atoms with Crippen LogP contribution in [0.3, 0.4) is 0 Å². The molecule has 5 heteroatoms. The zero-order valence-electron chi connectivity index (χ0n) is 11.8. The summed E-state index contributed by atoms with van der Waals surface area (Å²) in [6.07, 6.45) is 2.85. The fourth-order valence-electron chi connectivity index (χ4n) is 1.64. The Kier molecular flexibility index (Phi) is 6.92. The molecule has 0 saturated carbocycles. The fraction of sp³-hybridized carbons (Fsp3) is 0.0588. The highest BCUT2D eigenvalue weighted by atomic mass is 16.6. The molecule has 0 saturated heterocycles. The van der Waals surface area contributed by atoms with Crippen molar-refractivity contribution in [2.45, 2.75) is 6.42 Å². The summed E-state index contributed by atoms with van der Waals surface area (Å²) in [6.45, 7) is 3.32. The molecule has 22 heavy (non-hydrogen) atoms. The van der Waals surface area contributed by atoms with E-state index in [2.05, 4.69) is 6.58 Å². The van der Waals surface area contributed by atoms with Gasteiger partial charge in [-0.25, -0.2) is 0 Å². The van der Waals surface area contributed by atoms with Crippen LogP contribution in [-0.4, -0.2) is 17.0 Å². The quantitative estimate of drug-likeness (QED) is 0.278. The van der Waals surface area contributed by atoms with Gasteiger partial charge in [0.25, 0.3) is 5.69 Å². The highest BCUT2D eigenvalue weighted by molar-refractivity contribution is 6.11. The number of carbonyl (C=O) groups is 2. The Labute approximate surface area is 128 Å². The van der Waals surface area contributed by atoms with Gasteiger partial charge in [-0.05, 0) is 6.07 Å². The molecule has 0 aliphatic heterocycles. The first-order valence-electron chi connectivity index (χ1n) is 6.49. The van der Waals surface area contributed by atoms with Crippen molar-refractivity contribution in [3.8, 4) is 0 Å². The molecule has 2 rings (SSSR count). The number of nitro benzene ring substituents is 1. The Morgan fingerprint density at radius 2 is 1.68 bits per heavy atom. The van der Waals surface area contributed by atoms with Crippen LogP contribution in [0.2, 0.25) is 0 Å². The standard InChI is InChI=1S/C13H9NO3.C4H6O/c15-13(10-6-2-1-3-7-10)11-8-4-5-9-12(11)14(16)17;1-2-3-4-5/h1-9H;2,4H,1,3H2. The predicted molar refractivity (Wildman–Crippen MR) is 83.8 cm³/mol. The van der Waals surface area contributed by atoms with E-state index in [1.807, 2.05) is 0 Å². The molecule has 0 radical (unpaired) electrons. The number of nitrogens with zero attached hydrogens (tertiary/aromatic N) is 1. The van der Waals surface area contributed by atoms with Crippen molar-refractivity contribution >= 4 is 17.8 Å². The summed E-state index contributed by atoms with van der Waals surface area (Å²) in [5.74, 6) is -0.335. The first kappa shape index (κ1) is 17.0. The SMILES string of the molecule is C=CCC=O.O=C(c1ccccc1)c1ccccc1[N+](=O)[O-]. The molecule has 5 nitrogen and oxygen atoms in total. The second-order valence-electron chi connectivity index (χ2n) is 4.16. The van der Waals surface area contributed by atoms with Gasteiger partial charge in [-0.1, -0.05) is 48.5 Å². The third-order valence-electron chi connectivity index (χ3n) is 2.64. The Morgan fingerprint density at radius 3 is 2.18 bits per heavy atom. The van der Waals surface area contributed by atoms with E-state index >= 15 is 0 Å². The van der Waals surface area contributed by atoms with Crippen LogP contribution in [0.5, 0.6) is 0 Å². The van der Waals surface area contributed by atoms with Crippen molar-refractivity contribution in [1.29, 1.82) is 0 Å². The molecule has 0 heterocycles. The molecule has 0 spiro atoms. The maximum Gasteiger partial charge on any atom is 0.280 e. The van der Waals surface area contributed by atoms with Crippen molar-refractivity contribution in [3.63, 3.8) is 0 Å². The Morgan fingerprint density at radius 1 is 1.09 bits per heavy atom. The van der Waals surface area contributed by atoms with E-state index in [-0.39, 0.29) is 17.0 Å². The van der Waals surface area contributed by atoms with Gasteiger partial charge in [-0.2, -0.15) is 0 Å². The molecular weight excluding hydrogens is 282 g/mol. The van der Waals surface area contributed by atoms with E-state index in [1.54, 1.807) is 48.5 Å². The number of rotatable bonds is 5. The maximum absolute atomic E-state index is 12.1. The van der Waals surface area contributed by atoms with Crippen molar-refractivity contribution in [1.82, 2.24) is 0 Å². The fourth-order valence-corrected chi connectivity index (χ4v) is 1.64. The number of hydrogen-bond donors (Lipinski definition) is 0. The number of benzene rings is 2. The lowest BCUT2D eigenvalue weighted by atomic mass is 10.0. The minimum atomic E-state index is -0.545. The molecule has 0 aliphatic rings. The van der Waals surface area contributed by atoms with Gasteiger partial charge in [-0.3, -0.25) is 14.9 Å². The van der Waals surface area contributed by atoms with Crippen LogP contribution in [0.1, 0.15) is 22.3 Å². The van der Waals surface area contributed by atoms with Crippen LogP contribution < -0.4 is 0 Å². The normalized spacial score (nSPS) is 9.09. The third-order valence-corrected chi connectivity index (χ3v) is 2.64. The van der Waals surface area contributed by atoms with Crippen molar-refractivity contribution < 1.29 is 14.5 Å². The number of nitro groups is 1. The monoisotopic (exact) mass is 297 g/mol. The smallest absolute Gasteiger partial charge is 0.280 e. The predicted octanol–water partition coefficient (Wildman–Crippen LogP) is 3.59.